The minimum atomic E-state index is -0.481. The molecule has 0 fully saturated rings. The lowest BCUT2D eigenvalue weighted by Crippen LogP contribution is -2.32. The van der Waals surface area contributed by atoms with Crippen LogP contribution in [0, 0.1) is 10.1 Å². The molecule has 0 atom stereocenters. The Balaban J connectivity index is 3.21. The van der Waals surface area contributed by atoms with E-state index in [1.54, 1.807) is 17.0 Å². The van der Waals surface area contributed by atoms with Crippen molar-refractivity contribution in [3.8, 4) is 0 Å². The first-order chi connectivity index (χ1) is 10.1. The van der Waals surface area contributed by atoms with E-state index in [4.69, 9.17) is 0 Å². The zero-order valence-electron chi connectivity index (χ0n) is 12.9. The van der Waals surface area contributed by atoms with Crippen LogP contribution in [-0.2, 0) is 0 Å². The number of amides is 1. The van der Waals surface area contributed by atoms with E-state index >= 15 is 0 Å². The van der Waals surface area contributed by atoms with Gasteiger partial charge in [-0.3, -0.25) is 14.9 Å². The Kier molecular flexibility index (Phi) is 6.65. The first-order valence-electron chi connectivity index (χ1n) is 7.37. The number of hydrogen-bond donors (Lipinski definition) is 1. The molecule has 1 amide bonds. The van der Waals surface area contributed by atoms with E-state index < -0.39 is 4.92 Å². The normalized spacial score (nSPS) is 10.2. The van der Waals surface area contributed by atoms with Crippen molar-refractivity contribution in [3.05, 3.63) is 33.9 Å². The maximum Gasteiger partial charge on any atom is 0.305 e. The van der Waals surface area contributed by atoms with E-state index in [1.165, 1.54) is 6.07 Å². The summed E-state index contributed by atoms with van der Waals surface area (Å²) in [7, 11) is 0. The number of rotatable bonds is 8. The Morgan fingerprint density at radius 3 is 2.52 bits per heavy atom. The quantitative estimate of drug-likeness (QED) is 0.589. The third-order valence-electron chi connectivity index (χ3n) is 3.18. The second kappa shape index (κ2) is 8.24. The van der Waals surface area contributed by atoms with Gasteiger partial charge in [0.1, 0.15) is 11.3 Å². The zero-order chi connectivity index (χ0) is 15.8. The van der Waals surface area contributed by atoms with E-state index in [1.807, 2.05) is 20.8 Å². The molecule has 1 rings (SSSR count). The van der Waals surface area contributed by atoms with Crippen LogP contribution in [0.2, 0.25) is 0 Å². The summed E-state index contributed by atoms with van der Waals surface area (Å²) in [5.41, 5.74) is 0.419. The van der Waals surface area contributed by atoms with Crippen LogP contribution in [0.5, 0.6) is 0 Å². The van der Waals surface area contributed by atoms with Gasteiger partial charge in [-0.15, -0.1) is 0 Å². The fourth-order valence-corrected chi connectivity index (χ4v) is 2.16. The van der Waals surface area contributed by atoms with Crippen LogP contribution in [0.3, 0.4) is 0 Å². The molecule has 0 aromatic heterocycles. The largest absolute Gasteiger partial charge is 0.379 e. The summed E-state index contributed by atoms with van der Waals surface area (Å²) < 4.78 is 0. The van der Waals surface area contributed by atoms with Gasteiger partial charge < -0.3 is 10.2 Å². The van der Waals surface area contributed by atoms with Crippen LogP contribution in [-0.4, -0.2) is 35.4 Å². The van der Waals surface area contributed by atoms with Gasteiger partial charge >= 0.3 is 5.69 Å². The molecule has 1 aromatic carbocycles. The minimum Gasteiger partial charge on any atom is -0.379 e. The predicted octanol–water partition coefficient (Wildman–Crippen LogP) is 3.29. The van der Waals surface area contributed by atoms with Crippen molar-refractivity contribution in [3.63, 3.8) is 0 Å². The molecule has 0 unspecified atom stereocenters. The fourth-order valence-electron chi connectivity index (χ4n) is 2.16. The lowest BCUT2D eigenvalue weighted by molar-refractivity contribution is -0.384. The number of hydrogen-bond acceptors (Lipinski definition) is 4. The van der Waals surface area contributed by atoms with E-state index in [2.05, 4.69) is 5.32 Å². The number of nitrogens with zero attached hydrogens (tertiary/aromatic N) is 2. The summed E-state index contributed by atoms with van der Waals surface area (Å²) >= 11 is 0. The number of benzene rings is 1. The highest BCUT2D eigenvalue weighted by atomic mass is 16.6. The van der Waals surface area contributed by atoms with E-state index in [9.17, 15) is 14.9 Å². The van der Waals surface area contributed by atoms with Crippen LogP contribution >= 0.6 is 0 Å². The molecule has 0 saturated carbocycles. The Labute approximate surface area is 125 Å². The molecule has 0 saturated heterocycles. The van der Waals surface area contributed by atoms with Crippen molar-refractivity contribution < 1.29 is 9.72 Å². The average Bonchev–Trinajstić information content (AvgIpc) is 2.49. The van der Waals surface area contributed by atoms with Crippen molar-refractivity contribution in [1.82, 2.24) is 4.90 Å². The summed E-state index contributed by atoms with van der Waals surface area (Å²) in [5, 5.41) is 14.4. The van der Waals surface area contributed by atoms with Gasteiger partial charge in [-0.1, -0.05) is 19.9 Å². The molecule has 0 aliphatic rings. The molecule has 0 aliphatic carbocycles. The van der Waals surface area contributed by atoms with Gasteiger partial charge in [0.05, 0.1) is 4.92 Å². The van der Waals surface area contributed by atoms with Crippen LogP contribution in [0.4, 0.5) is 11.4 Å². The summed E-state index contributed by atoms with van der Waals surface area (Å²) in [6.07, 6.45) is 1.67. The highest BCUT2D eigenvalue weighted by Crippen LogP contribution is 2.29. The fraction of sp³-hybridized carbons (Fsp3) is 0.533. The second-order valence-electron chi connectivity index (χ2n) is 4.77. The first-order valence-corrected chi connectivity index (χ1v) is 7.37. The van der Waals surface area contributed by atoms with E-state index in [0.29, 0.717) is 25.3 Å². The van der Waals surface area contributed by atoms with Gasteiger partial charge in [-0.25, -0.2) is 0 Å². The standard InChI is InChI=1S/C15H23N3O3/c1-4-10-16-13-9-7-8-12(14(13)18(20)21)15(19)17(6-3)11-5-2/h7-9,16H,4-6,10-11H2,1-3H3. The number of nitro benzene ring substituents is 1. The molecule has 1 N–H and O–H groups in total. The molecule has 0 spiro atoms. The minimum absolute atomic E-state index is 0.134. The van der Waals surface area contributed by atoms with Crippen molar-refractivity contribution >= 4 is 17.3 Å². The van der Waals surface area contributed by atoms with Crippen molar-refractivity contribution in [2.45, 2.75) is 33.6 Å². The third-order valence-corrected chi connectivity index (χ3v) is 3.18. The Morgan fingerprint density at radius 1 is 1.29 bits per heavy atom. The molecule has 0 bridgehead atoms. The maximum absolute atomic E-state index is 12.5. The van der Waals surface area contributed by atoms with Crippen LogP contribution in [0.25, 0.3) is 0 Å². The number of nitro groups is 1. The van der Waals surface area contributed by atoms with Gasteiger partial charge in [0.25, 0.3) is 5.91 Å². The first kappa shape index (κ1) is 16.9. The average molecular weight is 293 g/mol. The summed E-state index contributed by atoms with van der Waals surface area (Å²) in [5.74, 6) is -0.286. The summed E-state index contributed by atoms with van der Waals surface area (Å²) in [6.45, 7) is 7.59. The molecule has 1 aromatic rings. The second-order valence-corrected chi connectivity index (χ2v) is 4.77. The van der Waals surface area contributed by atoms with Gasteiger partial charge in [0.15, 0.2) is 0 Å². The highest BCUT2D eigenvalue weighted by molar-refractivity contribution is 6.00. The number of anilines is 1. The lowest BCUT2D eigenvalue weighted by Gasteiger charge is -2.20. The predicted molar refractivity (Wildman–Crippen MR) is 83.7 cm³/mol. The van der Waals surface area contributed by atoms with Crippen LogP contribution in [0.1, 0.15) is 44.0 Å². The number of carbonyl (C=O) groups excluding carboxylic acids is 1. The van der Waals surface area contributed by atoms with Gasteiger partial charge in [0.2, 0.25) is 0 Å². The molecule has 6 heteroatoms. The Hall–Kier alpha value is -2.11. The molecule has 6 nitrogen and oxygen atoms in total. The molecule has 0 radical (unpaired) electrons. The van der Waals surface area contributed by atoms with Crippen molar-refractivity contribution in [1.29, 1.82) is 0 Å². The number of carbonyl (C=O) groups is 1. The van der Waals surface area contributed by atoms with E-state index in [-0.39, 0.29) is 17.2 Å². The van der Waals surface area contributed by atoms with Crippen molar-refractivity contribution in [2.75, 3.05) is 25.0 Å². The topological polar surface area (TPSA) is 75.5 Å². The summed E-state index contributed by atoms with van der Waals surface area (Å²) in [6, 6.07) is 4.84. The number of para-hydroxylation sites is 1. The van der Waals surface area contributed by atoms with Crippen LogP contribution in [0.15, 0.2) is 18.2 Å². The monoisotopic (exact) mass is 293 g/mol. The summed E-state index contributed by atoms with van der Waals surface area (Å²) in [4.78, 5) is 25.0. The lowest BCUT2D eigenvalue weighted by atomic mass is 10.1. The Morgan fingerprint density at radius 2 is 2.00 bits per heavy atom. The molecular formula is C15H23N3O3. The third kappa shape index (κ3) is 4.18. The van der Waals surface area contributed by atoms with Crippen molar-refractivity contribution in [2.24, 2.45) is 0 Å². The molecule has 116 valence electrons. The maximum atomic E-state index is 12.5. The Bertz CT molecular complexity index is 503. The molecular weight excluding hydrogens is 270 g/mol. The molecule has 0 aliphatic heterocycles. The van der Waals surface area contributed by atoms with Gasteiger partial charge in [0, 0.05) is 19.6 Å². The highest BCUT2D eigenvalue weighted by Gasteiger charge is 2.26. The van der Waals surface area contributed by atoms with Crippen LogP contribution < -0.4 is 5.32 Å². The van der Waals surface area contributed by atoms with Gasteiger partial charge in [-0.2, -0.15) is 0 Å². The zero-order valence-corrected chi connectivity index (χ0v) is 12.9. The molecule has 0 heterocycles. The molecule has 21 heavy (non-hydrogen) atoms. The van der Waals surface area contributed by atoms with E-state index in [0.717, 1.165) is 12.8 Å². The number of nitrogens with one attached hydrogen (secondary N) is 1. The smallest absolute Gasteiger partial charge is 0.305 e. The SMILES string of the molecule is CCCNc1cccc(C(=O)N(CC)CCC)c1[N+](=O)[O-]. The van der Waals surface area contributed by atoms with Gasteiger partial charge in [-0.05, 0) is 31.9 Å².